The van der Waals surface area contributed by atoms with Gasteiger partial charge in [0, 0.05) is 5.69 Å². The van der Waals surface area contributed by atoms with E-state index in [0.717, 1.165) is 0 Å². The van der Waals surface area contributed by atoms with E-state index in [1.807, 2.05) is 6.92 Å². The Morgan fingerprint density at radius 1 is 1.44 bits per heavy atom. The monoisotopic (exact) mass is 239 g/mol. The van der Waals surface area contributed by atoms with Crippen molar-refractivity contribution in [1.29, 1.82) is 0 Å². The number of aromatic amines is 1. The fourth-order valence-electron chi connectivity index (χ4n) is 1.52. The first-order chi connectivity index (χ1) is 7.53. The molecule has 0 unspecified atom stereocenters. The molecule has 0 fully saturated rings. The van der Waals surface area contributed by atoms with Crippen molar-refractivity contribution in [2.75, 3.05) is 11.5 Å². The third-order valence-electron chi connectivity index (χ3n) is 2.25. The van der Waals surface area contributed by atoms with Gasteiger partial charge in [0.15, 0.2) is 0 Å². The zero-order chi connectivity index (χ0) is 11.8. The average Bonchev–Trinajstić information content (AvgIpc) is 2.61. The summed E-state index contributed by atoms with van der Waals surface area (Å²) >= 11 is 0. The van der Waals surface area contributed by atoms with Crippen molar-refractivity contribution in [3.8, 4) is 0 Å². The molecule has 5 nitrogen and oxygen atoms in total. The van der Waals surface area contributed by atoms with Gasteiger partial charge in [-0.15, -0.1) is 0 Å². The summed E-state index contributed by atoms with van der Waals surface area (Å²) in [6, 6.07) is 5.07. The Bertz CT molecular complexity index is 616. The SMILES string of the molecule is CCCS(=O)(=O)c1nc2ccc(N)cc2[nH]1. The van der Waals surface area contributed by atoms with Crippen LogP contribution in [0.4, 0.5) is 5.69 Å². The van der Waals surface area contributed by atoms with Gasteiger partial charge in [0.1, 0.15) is 0 Å². The summed E-state index contributed by atoms with van der Waals surface area (Å²) in [5.74, 6) is 0.0995. The summed E-state index contributed by atoms with van der Waals surface area (Å²) < 4.78 is 23.5. The van der Waals surface area contributed by atoms with Crippen LogP contribution in [0.1, 0.15) is 13.3 Å². The van der Waals surface area contributed by atoms with E-state index in [-0.39, 0.29) is 10.9 Å². The van der Waals surface area contributed by atoms with Crippen LogP contribution in [0.25, 0.3) is 11.0 Å². The maximum atomic E-state index is 11.8. The van der Waals surface area contributed by atoms with Crippen molar-refractivity contribution >= 4 is 26.6 Å². The first-order valence-corrected chi connectivity index (χ1v) is 6.66. The second kappa shape index (κ2) is 3.79. The molecule has 2 aromatic rings. The van der Waals surface area contributed by atoms with Gasteiger partial charge in [0.05, 0.1) is 16.8 Å². The number of aromatic nitrogens is 2. The standard InChI is InChI=1S/C10H13N3O2S/c1-2-5-16(14,15)10-12-8-4-3-7(11)6-9(8)13-10/h3-4,6H,2,5,11H2,1H3,(H,12,13). The molecule has 2 rings (SSSR count). The molecule has 0 aliphatic heterocycles. The van der Waals surface area contributed by atoms with Gasteiger partial charge in [-0.2, -0.15) is 0 Å². The predicted molar refractivity (Wildman–Crippen MR) is 62.8 cm³/mol. The normalized spacial score (nSPS) is 12.1. The van der Waals surface area contributed by atoms with Crippen LogP contribution in [0.15, 0.2) is 23.4 Å². The Balaban J connectivity index is 2.55. The van der Waals surface area contributed by atoms with Crippen LogP contribution in [-0.2, 0) is 9.84 Å². The van der Waals surface area contributed by atoms with Gasteiger partial charge in [0.25, 0.3) is 0 Å². The van der Waals surface area contributed by atoms with Gasteiger partial charge in [0.2, 0.25) is 15.0 Å². The molecule has 0 saturated heterocycles. The minimum Gasteiger partial charge on any atom is -0.399 e. The van der Waals surface area contributed by atoms with Crippen molar-refractivity contribution in [3.05, 3.63) is 18.2 Å². The molecule has 0 amide bonds. The molecule has 1 heterocycles. The summed E-state index contributed by atoms with van der Waals surface area (Å²) in [6.45, 7) is 1.82. The molecule has 1 aromatic carbocycles. The lowest BCUT2D eigenvalue weighted by atomic mass is 10.3. The predicted octanol–water partition coefficient (Wildman–Crippen LogP) is 1.33. The van der Waals surface area contributed by atoms with E-state index >= 15 is 0 Å². The Labute approximate surface area is 93.6 Å². The van der Waals surface area contributed by atoms with E-state index < -0.39 is 9.84 Å². The maximum Gasteiger partial charge on any atom is 0.226 e. The van der Waals surface area contributed by atoms with E-state index in [4.69, 9.17) is 5.73 Å². The van der Waals surface area contributed by atoms with Crippen LogP contribution < -0.4 is 5.73 Å². The van der Waals surface area contributed by atoms with Gasteiger partial charge in [-0.25, -0.2) is 13.4 Å². The number of hydrogen-bond donors (Lipinski definition) is 2. The molecule has 0 aliphatic rings. The molecular formula is C10H13N3O2S. The summed E-state index contributed by atoms with van der Waals surface area (Å²) in [4.78, 5) is 6.83. The number of imidazole rings is 1. The minimum absolute atomic E-state index is 0.0231. The highest BCUT2D eigenvalue weighted by Crippen LogP contribution is 2.18. The first kappa shape index (κ1) is 10.9. The lowest BCUT2D eigenvalue weighted by Crippen LogP contribution is -2.07. The van der Waals surface area contributed by atoms with Crippen LogP contribution in [0.2, 0.25) is 0 Å². The third-order valence-corrected chi connectivity index (χ3v) is 3.98. The van der Waals surface area contributed by atoms with Gasteiger partial charge >= 0.3 is 0 Å². The van der Waals surface area contributed by atoms with E-state index in [0.29, 0.717) is 23.1 Å². The molecule has 0 saturated carbocycles. The summed E-state index contributed by atoms with van der Waals surface area (Å²) in [7, 11) is -3.29. The highest BCUT2D eigenvalue weighted by molar-refractivity contribution is 7.91. The number of anilines is 1. The van der Waals surface area contributed by atoms with Crippen LogP contribution in [-0.4, -0.2) is 24.1 Å². The third kappa shape index (κ3) is 1.88. The van der Waals surface area contributed by atoms with Gasteiger partial charge < -0.3 is 10.7 Å². The quantitative estimate of drug-likeness (QED) is 0.791. The zero-order valence-corrected chi connectivity index (χ0v) is 9.71. The zero-order valence-electron chi connectivity index (χ0n) is 8.90. The number of nitrogens with one attached hydrogen (secondary N) is 1. The second-order valence-electron chi connectivity index (χ2n) is 3.64. The molecular weight excluding hydrogens is 226 g/mol. The first-order valence-electron chi connectivity index (χ1n) is 5.01. The minimum atomic E-state index is -3.29. The van der Waals surface area contributed by atoms with Crippen molar-refractivity contribution in [2.24, 2.45) is 0 Å². The molecule has 0 bridgehead atoms. The summed E-state index contributed by atoms with van der Waals surface area (Å²) in [5.41, 5.74) is 7.45. The molecule has 1 aromatic heterocycles. The van der Waals surface area contributed by atoms with Gasteiger partial charge in [-0.05, 0) is 24.6 Å². The highest BCUT2D eigenvalue weighted by Gasteiger charge is 2.17. The Morgan fingerprint density at radius 2 is 2.19 bits per heavy atom. The largest absolute Gasteiger partial charge is 0.399 e. The van der Waals surface area contributed by atoms with Crippen molar-refractivity contribution in [1.82, 2.24) is 9.97 Å². The number of sulfone groups is 1. The molecule has 6 heteroatoms. The molecule has 0 atom stereocenters. The van der Waals surface area contributed by atoms with Crippen LogP contribution in [0, 0.1) is 0 Å². The molecule has 86 valence electrons. The Morgan fingerprint density at radius 3 is 2.88 bits per heavy atom. The fourth-order valence-corrected chi connectivity index (χ4v) is 2.75. The van der Waals surface area contributed by atoms with E-state index in [1.165, 1.54) is 0 Å². The van der Waals surface area contributed by atoms with Crippen molar-refractivity contribution in [3.63, 3.8) is 0 Å². The number of rotatable bonds is 3. The smallest absolute Gasteiger partial charge is 0.226 e. The van der Waals surface area contributed by atoms with E-state index in [1.54, 1.807) is 18.2 Å². The fraction of sp³-hybridized carbons (Fsp3) is 0.300. The van der Waals surface area contributed by atoms with Crippen molar-refractivity contribution < 1.29 is 8.42 Å². The lowest BCUT2D eigenvalue weighted by molar-refractivity contribution is 0.588. The molecule has 3 N–H and O–H groups in total. The number of benzene rings is 1. The maximum absolute atomic E-state index is 11.8. The van der Waals surface area contributed by atoms with Crippen LogP contribution in [0.3, 0.4) is 0 Å². The number of nitrogens with zero attached hydrogens (tertiary/aromatic N) is 1. The second-order valence-corrected chi connectivity index (χ2v) is 5.66. The van der Waals surface area contributed by atoms with E-state index in [2.05, 4.69) is 9.97 Å². The Hall–Kier alpha value is -1.56. The Kier molecular flexibility index (Phi) is 2.59. The van der Waals surface area contributed by atoms with Crippen molar-refractivity contribution in [2.45, 2.75) is 18.5 Å². The van der Waals surface area contributed by atoms with Gasteiger partial charge in [-0.3, -0.25) is 0 Å². The van der Waals surface area contributed by atoms with Crippen LogP contribution >= 0.6 is 0 Å². The molecule has 0 spiro atoms. The summed E-state index contributed by atoms with van der Waals surface area (Å²) in [5, 5.41) is 0.0231. The average molecular weight is 239 g/mol. The van der Waals surface area contributed by atoms with Gasteiger partial charge in [-0.1, -0.05) is 6.92 Å². The number of fused-ring (bicyclic) bond motifs is 1. The summed E-state index contributed by atoms with van der Waals surface area (Å²) in [6.07, 6.45) is 0.571. The number of H-pyrrole nitrogens is 1. The van der Waals surface area contributed by atoms with E-state index in [9.17, 15) is 8.42 Å². The number of nitrogens with two attached hydrogens (primary N) is 1. The highest BCUT2D eigenvalue weighted by atomic mass is 32.2. The molecule has 0 aliphatic carbocycles. The topological polar surface area (TPSA) is 88.8 Å². The molecule has 16 heavy (non-hydrogen) atoms. The van der Waals surface area contributed by atoms with Crippen LogP contribution in [0.5, 0.6) is 0 Å². The number of hydrogen-bond acceptors (Lipinski definition) is 4. The number of nitrogen functional groups attached to an aromatic ring is 1. The lowest BCUT2D eigenvalue weighted by Gasteiger charge is -1.95. The molecule has 0 radical (unpaired) electrons.